The van der Waals surface area contributed by atoms with Crippen LogP contribution in [0.15, 0.2) is 11.1 Å². The van der Waals surface area contributed by atoms with Crippen LogP contribution in [-0.2, 0) is 0 Å². The molecule has 0 aromatic carbocycles. The molecule has 1 saturated heterocycles. The minimum absolute atomic E-state index is 0.659. The topological polar surface area (TPSA) is 3.24 Å². The van der Waals surface area contributed by atoms with E-state index in [1.165, 1.54) is 18.4 Å². The fourth-order valence-electron chi connectivity index (χ4n) is 1.71. The lowest BCUT2D eigenvalue weighted by Crippen LogP contribution is -2.42. The van der Waals surface area contributed by atoms with Crippen LogP contribution in [0.2, 0.25) is 0 Å². The van der Waals surface area contributed by atoms with Crippen molar-refractivity contribution in [3.8, 4) is 0 Å². The van der Waals surface area contributed by atoms with E-state index in [2.05, 4.69) is 34.7 Å². The summed E-state index contributed by atoms with van der Waals surface area (Å²) in [4.78, 5) is 3.14. The zero-order valence-electron chi connectivity index (χ0n) is 8.26. The summed E-state index contributed by atoms with van der Waals surface area (Å²) in [5.41, 5.74) is 2.93. The van der Waals surface area contributed by atoms with Gasteiger partial charge >= 0.3 is 0 Å². The largest absolute Gasteiger partial charge is 0.296 e. The molecule has 76 valence electrons. The number of likely N-dealkylation sites (tertiary alicyclic amines) is 1. The van der Waals surface area contributed by atoms with Crippen molar-refractivity contribution in [1.29, 1.82) is 0 Å². The first kappa shape index (κ1) is 11.5. The summed E-state index contributed by atoms with van der Waals surface area (Å²) >= 11 is 9.33. The summed E-state index contributed by atoms with van der Waals surface area (Å²) in [6.07, 6.45) is 2.58. The summed E-state index contributed by atoms with van der Waals surface area (Å²) in [7, 11) is 0. The molecule has 2 atom stereocenters. The molecule has 13 heavy (non-hydrogen) atoms. The van der Waals surface area contributed by atoms with Crippen molar-refractivity contribution in [2.45, 2.75) is 37.6 Å². The molecule has 2 unspecified atom stereocenters. The van der Waals surface area contributed by atoms with Gasteiger partial charge in [0.25, 0.3) is 0 Å². The van der Waals surface area contributed by atoms with E-state index in [1.54, 1.807) is 5.54 Å². The molecule has 0 bridgehead atoms. The van der Waals surface area contributed by atoms with Crippen LogP contribution in [0.1, 0.15) is 26.7 Å². The lowest BCUT2D eigenvalue weighted by atomic mass is 10.0. The number of alkyl halides is 1. The van der Waals surface area contributed by atoms with Crippen LogP contribution in [0.4, 0.5) is 0 Å². The van der Waals surface area contributed by atoms with Crippen LogP contribution >= 0.6 is 27.5 Å². The average molecular weight is 267 g/mol. The number of hydrogen-bond acceptors (Lipinski definition) is 1. The SMILES string of the molecule is C/C(=C\Cl)CN1CC(Br)CCC1C. The van der Waals surface area contributed by atoms with E-state index < -0.39 is 0 Å². The lowest BCUT2D eigenvalue weighted by Gasteiger charge is -2.36. The van der Waals surface area contributed by atoms with Crippen LogP contribution in [0.25, 0.3) is 0 Å². The van der Waals surface area contributed by atoms with Gasteiger partial charge in [-0.25, -0.2) is 0 Å². The highest BCUT2D eigenvalue weighted by molar-refractivity contribution is 9.09. The van der Waals surface area contributed by atoms with Crippen LogP contribution in [-0.4, -0.2) is 28.9 Å². The normalized spacial score (nSPS) is 32.2. The van der Waals surface area contributed by atoms with Crippen LogP contribution in [0.5, 0.6) is 0 Å². The maximum atomic E-state index is 5.65. The first-order chi connectivity index (χ1) is 6.13. The van der Waals surface area contributed by atoms with E-state index in [1.807, 2.05) is 0 Å². The van der Waals surface area contributed by atoms with Crippen molar-refractivity contribution in [2.24, 2.45) is 0 Å². The van der Waals surface area contributed by atoms with Gasteiger partial charge in [0.1, 0.15) is 0 Å². The molecule has 1 aliphatic heterocycles. The van der Waals surface area contributed by atoms with Crippen molar-refractivity contribution < 1.29 is 0 Å². The quantitative estimate of drug-likeness (QED) is 0.693. The van der Waals surface area contributed by atoms with Gasteiger partial charge < -0.3 is 0 Å². The lowest BCUT2D eigenvalue weighted by molar-refractivity contribution is 0.181. The highest BCUT2D eigenvalue weighted by atomic mass is 79.9. The molecule has 0 aromatic rings. The summed E-state index contributed by atoms with van der Waals surface area (Å²) in [6, 6.07) is 0.695. The molecule has 3 heteroatoms. The second-order valence-electron chi connectivity index (χ2n) is 3.91. The predicted octanol–water partition coefficient (Wildman–Crippen LogP) is 3.38. The zero-order chi connectivity index (χ0) is 9.84. The Kier molecular flexibility index (Phi) is 4.77. The smallest absolute Gasteiger partial charge is 0.0274 e. The van der Waals surface area contributed by atoms with Gasteiger partial charge in [0.05, 0.1) is 0 Å². The fraction of sp³-hybridized carbons (Fsp3) is 0.800. The Labute approximate surface area is 94.3 Å². The van der Waals surface area contributed by atoms with E-state index in [-0.39, 0.29) is 0 Å². The molecule has 0 N–H and O–H groups in total. The van der Waals surface area contributed by atoms with E-state index in [9.17, 15) is 0 Å². The molecular weight excluding hydrogens is 249 g/mol. The van der Waals surface area contributed by atoms with Gasteiger partial charge in [-0.3, -0.25) is 4.90 Å². The molecule has 1 rings (SSSR count). The van der Waals surface area contributed by atoms with Crippen molar-refractivity contribution in [2.75, 3.05) is 13.1 Å². The third kappa shape index (κ3) is 3.61. The van der Waals surface area contributed by atoms with Gasteiger partial charge in [-0.2, -0.15) is 0 Å². The third-order valence-electron chi connectivity index (χ3n) is 2.59. The highest BCUT2D eigenvalue weighted by Gasteiger charge is 2.23. The van der Waals surface area contributed by atoms with Crippen LogP contribution in [0.3, 0.4) is 0 Å². The minimum atomic E-state index is 0.659. The van der Waals surface area contributed by atoms with Crippen LogP contribution < -0.4 is 0 Å². The van der Waals surface area contributed by atoms with E-state index in [4.69, 9.17) is 11.6 Å². The maximum Gasteiger partial charge on any atom is 0.0274 e. The van der Waals surface area contributed by atoms with Gasteiger partial charge in [0.2, 0.25) is 0 Å². The first-order valence-electron chi connectivity index (χ1n) is 4.77. The minimum Gasteiger partial charge on any atom is -0.296 e. The third-order valence-corrected chi connectivity index (χ3v) is 3.71. The molecule has 0 aromatic heterocycles. The van der Waals surface area contributed by atoms with E-state index >= 15 is 0 Å². The van der Waals surface area contributed by atoms with Gasteiger partial charge in [0.15, 0.2) is 0 Å². The number of piperidine rings is 1. The number of hydrogen-bond donors (Lipinski definition) is 0. The van der Waals surface area contributed by atoms with Gasteiger partial charge in [0, 0.05) is 29.5 Å². The van der Waals surface area contributed by atoms with Crippen molar-refractivity contribution in [1.82, 2.24) is 4.90 Å². The second kappa shape index (κ2) is 5.38. The van der Waals surface area contributed by atoms with Gasteiger partial charge in [-0.05, 0) is 32.3 Å². The molecule has 0 radical (unpaired) electrons. The molecule has 0 aliphatic carbocycles. The summed E-state index contributed by atoms with van der Waals surface area (Å²) < 4.78 is 0. The number of rotatable bonds is 2. The van der Waals surface area contributed by atoms with Crippen molar-refractivity contribution >= 4 is 27.5 Å². The molecule has 1 fully saturated rings. The maximum absolute atomic E-state index is 5.65. The van der Waals surface area contributed by atoms with Gasteiger partial charge in [-0.1, -0.05) is 27.5 Å². The molecule has 0 amide bonds. The summed E-state index contributed by atoms with van der Waals surface area (Å²) in [6.45, 7) is 6.52. The first-order valence-corrected chi connectivity index (χ1v) is 6.12. The molecule has 1 nitrogen and oxygen atoms in total. The molecule has 1 heterocycles. The average Bonchev–Trinajstić information content (AvgIpc) is 2.11. The Hall–Kier alpha value is 0.470. The standard InChI is InChI=1S/C10H17BrClN/c1-8(5-12)6-13-7-10(11)4-3-9(13)2/h5,9-10H,3-4,6-7H2,1-2H3/b8-5+. The van der Waals surface area contributed by atoms with Gasteiger partial charge in [-0.15, -0.1) is 0 Å². The van der Waals surface area contributed by atoms with Crippen LogP contribution in [0, 0.1) is 0 Å². The van der Waals surface area contributed by atoms with E-state index in [0.717, 1.165) is 13.1 Å². The zero-order valence-corrected chi connectivity index (χ0v) is 10.6. The Morgan fingerprint density at radius 2 is 2.31 bits per heavy atom. The molecular formula is C10H17BrClN. The van der Waals surface area contributed by atoms with E-state index in [0.29, 0.717) is 10.9 Å². The Morgan fingerprint density at radius 1 is 1.62 bits per heavy atom. The summed E-state index contributed by atoms with van der Waals surface area (Å²) in [5.74, 6) is 0. The Bertz CT molecular complexity index is 193. The van der Waals surface area contributed by atoms with Crippen molar-refractivity contribution in [3.05, 3.63) is 11.1 Å². The fourth-order valence-corrected chi connectivity index (χ4v) is 2.41. The molecule has 0 saturated carbocycles. The molecule has 1 aliphatic rings. The van der Waals surface area contributed by atoms with Crippen molar-refractivity contribution in [3.63, 3.8) is 0 Å². The number of halogens is 2. The monoisotopic (exact) mass is 265 g/mol. The Morgan fingerprint density at radius 3 is 2.92 bits per heavy atom. The predicted molar refractivity (Wildman–Crippen MR) is 62.6 cm³/mol. The second-order valence-corrected chi connectivity index (χ2v) is 5.42. The molecule has 0 spiro atoms. The number of nitrogens with zero attached hydrogens (tertiary/aromatic N) is 1. The summed E-state index contributed by atoms with van der Waals surface area (Å²) in [5, 5.41) is 0. The Balaban J connectivity index is 2.46. The highest BCUT2D eigenvalue weighted by Crippen LogP contribution is 2.22.